The summed E-state index contributed by atoms with van der Waals surface area (Å²) in [5, 5.41) is 7.60. The lowest BCUT2D eigenvalue weighted by Crippen LogP contribution is -1.99. The van der Waals surface area contributed by atoms with Gasteiger partial charge in [0.25, 0.3) is 0 Å². The van der Waals surface area contributed by atoms with Gasteiger partial charge in [-0.2, -0.15) is 5.10 Å². The molecule has 0 spiro atoms. The molecule has 0 aliphatic heterocycles. The second kappa shape index (κ2) is 8.21. The molecule has 0 atom stereocenters. The molecule has 0 N–H and O–H groups in total. The second-order valence-electron chi connectivity index (χ2n) is 3.68. The molecule has 0 amide bonds. The number of hydrogen-bond acceptors (Lipinski definition) is 3. The van der Waals surface area contributed by atoms with Gasteiger partial charge in [0.15, 0.2) is 0 Å². The molecule has 3 nitrogen and oxygen atoms in total. The van der Waals surface area contributed by atoms with Gasteiger partial charge in [-0.15, -0.1) is 5.10 Å². The highest BCUT2D eigenvalue weighted by molar-refractivity contribution is 5.04. The Balaban J connectivity index is 1.93. The number of ether oxygens (including phenoxy) is 1. The summed E-state index contributed by atoms with van der Waals surface area (Å²) in [6.07, 6.45) is 9.33. The minimum Gasteiger partial charge on any atom is -0.477 e. The molecule has 0 aromatic carbocycles. The molecule has 0 aliphatic carbocycles. The van der Waals surface area contributed by atoms with Gasteiger partial charge in [0.2, 0.25) is 5.88 Å². The van der Waals surface area contributed by atoms with Gasteiger partial charge < -0.3 is 4.74 Å². The van der Waals surface area contributed by atoms with E-state index in [4.69, 9.17) is 4.74 Å². The van der Waals surface area contributed by atoms with Crippen LogP contribution in [-0.2, 0) is 0 Å². The van der Waals surface area contributed by atoms with Crippen LogP contribution in [0.4, 0.5) is 0 Å². The Kier molecular flexibility index (Phi) is 6.54. The fourth-order valence-electron chi connectivity index (χ4n) is 1.42. The standard InChI is InChI=1S/C12H20N2O/c1-2-3-4-5-6-7-11-15-12-9-8-10-13-14-12/h8-10H,2-7,11H2,1H3. The van der Waals surface area contributed by atoms with Crippen molar-refractivity contribution in [3.63, 3.8) is 0 Å². The Morgan fingerprint density at radius 1 is 1.13 bits per heavy atom. The zero-order valence-corrected chi connectivity index (χ0v) is 9.48. The van der Waals surface area contributed by atoms with Gasteiger partial charge >= 0.3 is 0 Å². The molecular weight excluding hydrogens is 188 g/mol. The summed E-state index contributed by atoms with van der Waals surface area (Å²) in [7, 11) is 0. The molecule has 0 saturated carbocycles. The van der Waals surface area contributed by atoms with Gasteiger partial charge in [-0.05, 0) is 12.5 Å². The van der Waals surface area contributed by atoms with Gasteiger partial charge in [-0.3, -0.25) is 0 Å². The molecule has 3 heteroatoms. The van der Waals surface area contributed by atoms with Crippen LogP contribution in [0.5, 0.6) is 5.88 Å². The Bertz CT molecular complexity index is 239. The van der Waals surface area contributed by atoms with Crippen LogP contribution in [-0.4, -0.2) is 16.8 Å². The third-order valence-electron chi connectivity index (χ3n) is 2.30. The van der Waals surface area contributed by atoms with E-state index in [1.165, 1.54) is 32.1 Å². The van der Waals surface area contributed by atoms with Gasteiger partial charge in [0.05, 0.1) is 6.61 Å². The quantitative estimate of drug-likeness (QED) is 0.615. The molecule has 0 fully saturated rings. The summed E-state index contributed by atoms with van der Waals surface area (Å²) in [5.74, 6) is 0.631. The van der Waals surface area contributed by atoms with Crippen molar-refractivity contribution >= 4 is 0 Å². The van der Waals surface area contributed by atoms with E-state index in [1.807, 2.05) is 12.1 Å². The molecule has 84 valence electrons. The summed E-state index contributed by atoms with van der Waals surface area (Å²) < 4.78 is 5.44. The third-order valence-corrected chi connectivity index (χ3v) is 2.30. The fraction of sp³-hybridized carbons (Fsp3) is 0.667. The summed E-state index contributed by atoms with van der Waals surface area (Å²) in [6, 6.07) is 3.67. The van der Waals surface area contributed by atoms with Crippen LogP contribution in [0.1, 0.15) is 45.4 Å². The molecule has 1 aromatic rings. The number of hydrogen-bond donors (Lipinski definition) is 0. The van der Waals surface area contributed by atoms with Crippen molar-refractivity contribution in [3.05, 3.63) is 18.3 Å². The average Bonchev–Trinajstić information content (AvgIpc) is 2.29. The molecule has 0 bridgehead atoms. The summed E-state index contributed by atoms with van der Waals surface area (Å²) >= 11 is 0. The topological polar surface area (TPSA) is 35.0 Å². The normalized spacial score (nSPS) is 10.2. The smallest absolute Gasteiger partial charge is 0.233 e. The van der Waals surface area contributed by atoms with Crippen LogP contribution in [0, 0.1) is 0 Å². The highest BCUT2D eigenvalue weighted by Crippen LogP contribution is 2.06. The molecule has 0 unspecified atom stereocenters. The van der Waals surface area contributed by atoms with E-state index in [2.05, 4.69) is 17.1 Å². The van der Waals surface area contributed by atoms with Crippen molar-refractivity contribution in [1.82, 2.24) is 10.2 Å². The highest BCUT2D eigenvalue weighted by atomic mass is 16.5. The third kappa shape index (κ3) is 6.05. The van der Waals surface area contributed by atoms with Gasteiger partial charge in [-0.1, -0.05) is 39.0 Å². The Labute approximate surface area is 91.9 Å². The summed E-state index contributed by atoms with van der Waals surface area (Å²) in [6.45, 7) is 2.99. The van der Waals surface area contributed by atoms with Crippen molar-refractivity contribution in [2.75, 3.05) is 6.61 Å². The summed E-state index contributed by atoms with van der Waals surface area (Å²) in [5.41, 5.74) is 0. The number of aromatic nitrogens is 2. The maximum Gasteiger partial charge on any atom is 0.233 e. The van der Waals surface area contributed by atoms with Crippen molar-refractivity contribution in [3.8, 4) is 5.88 Å². The van der Waals surface area contributed by atoms with E-state index in [-0.39, 0.29) is 0 Å². The fourth-order valence-corrected chi connectivity index (χ4v) is 1.42. The molecule has 0 radical (unpaired) electrons. The highest BCUT2D eigenvalue weighted by Gasteiger charge is 1.94. The molecule has 1 aromatic heterocycles. The number of unbranched alkanes of at least 4 members (excludes halogenated alkanes) is 5. The van der Waals surface area contributed by atoms with Crippen molar-refractivity contribution < 1.29 is 4.74 Å². The van der Waals surface area contributed by atoms with Crippen molar-refractivity contribution in [2.24, 2.45) is 0 Å². The maximum absolute atomic E-state index is 5.44. The average molecular weight is 208 g/mol. The zero-order valence-electron chi connectivity index (χ0n) is 9.48. The lowest BCUT2D eigenvalue weighted by molar-refractivity contribution is 0.290. The van der Waals surface area contributed by atoms with Crippen LogP contribution in [0.15, 0.2) is 18.3 Å². The monoisotopic (exact) mass is 208 g/mol. The molecule has 1 rings (SSSR count). The molecule has 0 aliphatic rings. The number of nitrogens with zero attached hydrogens (tertiary/aromatic N) is 2. The van der Waals surface area contributed by atoms with E-state index < -0.39 is 0 Å². The zero-order chi connectivity index (χ0) is 10.8. The Morgan fingerprint density at radius 3 is 2.67 bits per heavy atom. The largest absolute Gasteiger partial charge is 0.477 e. The molecular formula is C12H20N2O. The van der Waals surface area contributed by atoms with E-state index in [1.54, 1.807) is 6.20 Å². The lowest BCUT2D eigenvalue weighted by Gasteiger charge is -2.03. The Morgan fingerprint density at radius 2 is 1.93 bits per heavy atom. The number of rotatable bonds is 8. The SMILES string of the molecule is CCCCCCCCOc1cccnn1. The second-order valence-corrected chi connectivity index (χ2v) is 3.68. The minimum atomic E-state index is 0.631. The van der Waals surface area contributed by atoms with Gasteiger partial charge in [0, 0.05) is 12.3 Å². The molecule has 0 saturated heterocycles. The van der Waals surface area contributed by atoms with Gasteiger partial charge in [-0.25, -0.2) is 0 Å². The summed E-state index contributed by atoms with van der Waals surface area (Å²) in [4.78, 5) is 0. The first-order chi connectivity index (χ1) is 7.43. The van der Waals surface area contributed by atoms with E-state index >= 15 is 0 Å². The van der Waals surface area contributed by atoms with Crippen LogP contribution >= 0.6 is 0 Å². The Hall–Kier alpha value is -1.12. The minimum absolute atomic E-state index is 0.631. The predicted octanol–water partition coefficient (Wildman–Crippen LogP) is 3.22. The predicted molar refractivity (Wildman–Crippen MR) is 60.9 cm³/mol. The van der Waals surface area contributed by atoms with Crippen LogP contribution in [0.3, 0.4) is 0 Å². The van der Waals surface area contributed by atoms with Gasteiger partial charge in [0.1, 0.15) is 0 Å². The van der Waals surface area contributed by atoms with Crippen LogP contribution in [0.25, 0.3) is 0 Å². The van der Waals surface area contributed by atoms with Crippen molar-refractivity contribution in [1.29, 1.82) is 0 Å². The maximum atomic E-state index is 5.44. The molecule has 1 heterocycles. The first kappa shape index (κ1) is 12.0. The van der Waals surface area contributed by atoms with Crippen LogP contribution < -0.4 is 4.74 Å². The van der Waals surface area contributed by atoms with E-state index in [0.717, 1.165) is 13.0 Å². The van der Waals surface area contributed by atoms with E-state index in [0.29, 0.717) is 5.88 Å². The van der Waals surface area contributed by atoms with Crippen molar-refractivity contribution in [2.45, 2.75) is 45.4 Å². The molecule has 15 heavy (non-hydrogen) atoms. The van der Waals surface area contributed by atoms with E-state index in [9.17, 15) is 0 Å². The van der Waals surface area contributed by atoms with Crippen LogP contribution in [0.2, 0.25) is 0 Å². The first-order valence-electron chi connectivity index (χ1n) is 5.84. The first-order valence-corrected chi connectivity index (χ1v) is 5.84. The lowest BCUT2D eigenvalue weighted by atomic mass is 10.1.